The molecule has 1 atom stereocenters. The van der Waals surface area contributed by atoms with Crippen molar-refractivity contribution in [3.63, 3.8) is 0 Å². The topological polar surface area (TPSA) is 167 Å². The summed E-state index contributed by atoms with van der Waals surface area (Å²) in [7, 11) is -4.08. The molecule has 266 valence electrons. The summed E-state index contributed by atoms with van der Waals surface area (Å²) in [5.41, 5.74) is 1.79. The molecule has 13 nitrogen and oxygen atoms in total. The summed E-state index contributed by atoms with van der Waals surface area (Å²) >= 11 is 0. The van der Waals surface area contributed by atoms with Gasteiger partial charge in [0.05, 0.1) is 25.3 Å². The van der Waals surface area contributed by atoms with Gasteiger partial charge in [-0.2, -0.15) is 0 Å². The predicted octanol–water partition coefficient (Wildman–Crippen LogP) is 6.26. The van der Waals surface area contributed by atoms with E-state index in [1.165, 1.54) is 26.8 Å². The van der Waals surface area contributed by atoms with Gasteiger partial charge >= 0.3 is 37.4 Å². The van der Waals surface area contributed by atoms with Crippen LogP contribution in [0.25, 0.3) is 0 Å². The van der Waals surface area contributed by atoms with Crippen LogP contribution in [0.2, 0.25) is 0 Å². The quantitative estimate of drug-likeness (QED) is 0.0593. The van der Waals surface area contributed by atoms with Gasteiger partial charge in [0.25, 0.3) is 0 Å². The maximum atomic E-state index is 14.3. The molecule has 0 heterocycles. The molecule has 3 aromatic carbocycles. The van der Waals surface area contributed by atoms with E-state index in [2.05, 4.69) is 6.58 Å². The van der Waals surface area contributed by atoms with Crippen LogP contribution in [0.3, 0.4) is 0 Å². The van der Waals surface area contributed by atoms with Gasteiger partial charge in [0.2, 0.25) is 0 Å². The number of carbonyl (C=O) groups excluding carboxylic acids is 5. The Bertz CT molecular complexity index is 1600. The van der Waals surface area contributed by atoms with Gasteiger partial charge in [0, 0.05) is 27.2 Å². The first-order valence-corrected chi connectivity index (χ1v) is 17.2. The molecule has 0 amide bonds. The van der Waals surface area contributed by atoms with Crippen molar-refractivity contribution in [2.75, 3.05) is 12.8 Å². The molecular weight excluding hydrogens is 671 g/mol. The van der Waals surface area contributed by atoms with Crippen molar-refractivity contribution in [2.24, 2.45) is 5.92 Å². The molecule has 0 saturated heterocycles. The molecule has 0 aromatic heterocycles. The van der Waals surface area contributed by atoms with Gasteiger partial charge in [0.1, 0.15) is 30.5 Å². The lowest BCUT2D eigenvalue weighted by Gasteiger charge is -2.23. The van der Waals surface area contributed by atoms with Crippen LogP contribution in [-0.2, 0) is 66.9 Å². The molecule has 50 heavy (non-hydrogen) atoms. The Labute approximate surface area is 289 Å². The Morgan fingerprint density at radius 3 is 1.42 bits per heavy atom. The van der Waals surface area contributed by atoms with E-state index in [0.717, 1.165) is 0 Å². The van der Waals surface area contributed by atoms with Gasteiger partial charge in [-0.05, 0) is 59.5 Å². The second kappa shape index (κ2) is 19.8. The standard InChI is InChI=1S/C36H39O13P/c1-5-20-43-36(41)31(12-19-35(40)44-21-28-6-13-32(14-7-28)47-25(2)37)24-50(42,45-22-29-8-15-33(16-9-29)48-26(3)38)46-23-30-10-17-34(18-11-30)49-27(4)39/h5-11,13-18,31H,1,12,19-24H2,2-4H3. The third-order valence-electron chi connectivity index (χ3n) is 6.63. The van der Waals surface area contributed by atoms with Crippen molar-refractivity contribution in [3.05, 3.63) is 102 Å². The first-order valence-electron chi connectivity index (χ1n) is 15.5. The van der Waals surface area contributed by atoms with Crippen LogP contribution < -0.4 is 14.2 Å². The van der Waals surface area contributed by atoms with Crippen molar-refractivity contribution in [1.29, 1.82) is 0 Å². The van der Waals surface area contributed by atoms with E-state index >= 15 is 0 Å². The van der Waals surface area contributed by atoms with Crippen LogP contribution in [0.15, 0.2) is 85.5 Å². The van der Waals surface area contributed by atoms with Gasteiger partial charge in [-0.25, -0.2) is 0 Å². The first kappa shape index (κ1) is 39.3. The van der Waals surface area contributed by atoms with Gasteiger partial charge in [0.15, 0.2) is 0 Å². The number of ether oxygens (including phenoxy) is 5. The summed E-state index contributed by atoms with van der Waals surface area (Å²) in [6.07, 6.45) is 0.645. The van der Waals surface area contributed by atoms with E-state index in [0.29, 0.717) is 33.9 Å². The normalized spacial score (nSPS) is 11.5. The van der Waals surface area contributed by atoms with E-state index in [1.54, 1.807) is 72.8 Å². The van der Waals surface area contributed by atoms with E-state index in [9.17, 15) is 28.5 Å². The third kappa shape index (κ3) is 14.6. The van der Waals surface area contributed by atoms with E-state index in [-0.39, 0.29) is 39.3 Å². The molecule has 0 spiro atoms. The lowest BCUT2D eigenvalue weighted by atomic mass is 10.1. The fourth-order valence-corrected chi connectivity index (χ4v) is 6.14. The van der Waals surface area contributed by atoms with Crippen molar-refractivity contribution in [1.82, 2.24) is 0 Å². The maximum absolute atomic E-state index is 14.3. The fraction of sp³-hybridized carbons (Fsp3) is 0.306. The summed E-state index contributed by atoms with van der Waals surface area (Å²) in [6.45, 7) is 6.83. The highest BCUT2D eigenvalue weighted by Crippen LogP contribution is 2.52. The van der Waals surface area contributed by atoms with Crippen molar-refractivity contribution < 1.29 is 61.3 Å². The minimum absolute atomic E-state index is 0.0675. The molecule has 0 N–H and O–H groups in total. The third-order valence-corrected chi connectivity index (χ3v) is 8.56. The van der Waals surface area contributed by atoms with Crippen LogP contribution in [0.5, 0.6) is 17.2 Å². The second-order valence-corrected chi connectivity index (χ2v) is 13.0. The maximum Gasteiger partial charge on any atom is 0.332 e. The Hall–Kier alpha value is -5.10. The minimum atomic E-state index is -4.08. The highest BCUT2D eigenvalue weighted by atomic mass is 31.2. The van der Waals surface area contributed by atoms with Crippen molar-refractivity contribution >= 4 is 37.4 Å². The van der Waals surface area contributed by atoms with Crippen molar-refractivity contribution in [2.45, 2.75) is 53.4 Å². The number of hydrogen-bond acceptors (Lipinski definition) is 13. The van der Waals surface area contributed by atoms with Gasteiger partial charge < -0.3 is 32.7 Å². The summed E-state index contributed by atoms with van der Waals surface area (Å²) in [5, 5.41) is 0. The van der Waals surface area contributed by atoms with E-state index in [1.807, 2.05) is 0 Å². The minimum Gasteiger partial charge on any atom is -0.461 e. The van der Waals surface area contributed by atoms with Gasteiger partial charge in [-0.15, -0.1) is 0 Å². The molecule has 0 aliphatic heterocycles. The molecular formula is C36H39O13P. The Morgan fingerprint density at radius 1 is 0.640 bits per heavy atom. The summed E-state index contributed by atoms with van der Waals surface area (Å²) in [4.78, 5) is 59.5. The van der Waals surface area contributed by atoms with Crippen LogP contribution >= 0.6 is 7.60 Å². The van der Waals surface area contributed by atoms with Crippen molar-refractivity contribution in [3.8, 4) is 17.2 Å². The lowest BCUT2D eigenvalue weighted by Crippen LogP contribution is -2.24. The molecule has 0 aliphatic rings. The van der Waals surface area contributed by atoms with Crippen LogP contribution in [0.1, 0.15) is 50.3 Å². The van der Waals surface area contributed by atoms with Gasteiger partial charge in [-0.3, -0.25) is 28.5 Å². The zero-order valence-electron chi connectivity index (χ0n) is 28.0. The molecule has 0 saturated carbocycles. The molecule has 0 radical (unpaired) electrons. The summed E-state index contributed by atoms with van der Waals surface area (Å²) in [5.74, 6) is -2.90. The first-order chi connectivity index (χ1) is 23.8. The molecule has 0 aliphatic carbocycles. The fourth-order valence-electron chi connectivity index (χ4n) is 4.29. The summed E-state index contributed by atoms with van der Waals surface area (Å²) < 4.78 is 51.7. The zero-order chi connectivity index (χ0) is 36.5. The number of benzene rings is 3. The number of carbonyl (C=O) groups is 5. The van der Waals surface area contributed by atoms with Crippen LogP contribution in [-0.4, -0.2) is 42.6 Å². The molecule has 1 unspecified atom stereocenters. The monoisotopic (exact) mass is 710 g/mol. The van der Waals surface area contributed by atoms with Gasteiger partial charge in [-0.1, -0.05) is 49.1 Å². The predicted molar refractivity (Wildman–Crippen MR) is 179 cm³/mol. The smallest absolute Gasteiger partial charge is 0.332 e. The second-order valence-electron chi connectivity index (χ2n) is 10.9. The number of hydrogen-bond donors (Lipinski definition) is 0. The Morgan fingerprint density at radius 2 is 1.04 bits per heavy atom. The molecule has 0 fully saturated rings. The van der Waals surface area contributed by atoms with Crippen LogP contribution in [0.4, 0.5) is 0 Å². The van der Waals surface area contributed by atoms with E-state index in [4.69, 9.17) is 32.7 Å². The SMILES string of the molecule is C=CCOC(=O)C(CCC(=O)OCc1ccc(OC(C)=O)cc1)CP(=O)(OCc1ccc(OC(C)=O)cc1)OCc1ccc(OC(C)=O)cc1. The molecule has 3 rings (SSSR count). The highest BCUT2D eigenvalue weighted by molar-refractivity contribution is 7.53. The Kier molecular flexibility index (Phi) is 15.6. The average Bonchev–Trinajstić information content (AvgIpc) is 3.07. The average molecular weight is 711 g/mol. The number of esters is 5. The zero-order valence-corrected chi connectivity index (χ0v) is 28.9. The molecule has 14 heteroatoms. The molecule has 0 bridgehead atoms. The largest absolute Gasteiger partial charge is 0.461 e. The number of rotatable bonds is 19. The Balaban J connectivity index is 1.73. The van der Waals surface area contributed by atoms with Crippen LogP contribution in [0, 0.1) is 5.92 Å². The summed E-state index contributed by atoms with van der Waals surface area (Å²) in [6, 6.07) is 19.1. The highest BCUT2D eigenvalue weighted by Gasteiger charge is 2.34. The lowest BCUT2D eigenvalue weighted by molar-refractivity contribution is -0.149. The molecule has 3 aromatic rings. The van der Waals surface area contributed by atoms with E-state index < -0.39 is 49.5 Å².